The Labute approximate surface area is 592 Å². The lowest BCUT2D eigenvalue weighted by Crippen LogP contribution is -2.30. The number of hydrogen-bond donors (Lipinski definition) is 3. The van der Waals surface area contributed by atoms with Crippen LogP contribution in [0.25, 0.3) is 0 Å². The standard InChI is InChI=1S/C78H148O17P2/c1-5-9-13-17-21-24-27-30-33-35-36-37-40-43-46-49-53-57-61-65-78(83)95-74(69-89-76(81)63-59-55-51-47-44-41-39-34-31-28-25-22-18-14-10-6-2)71-93-97(86,87)91-67-72(79)66-90-96(84,85)92-70-73(68-88-75(80)62-58-54-50-20-16-12-8-4)94-77(82)64-60-56-52-48-45-42-38-32-29-26-23-19-15-11-7-3/h26,29,32,38,72-74,79H,5-25,27-28,30-31,33-37,39-71H2,1-4H3,(H,84,85)(H,86,87)/b29-26-,38-32-/t72-,73+,74+/m0/s1. The molecule has 0 fully saturated rings. The molecule has 2 unspecified atom stereocenters. The van der Waals surface area contributed by atoms with E-state index in [9.17, 15) is 43.2 Å². The first-order valence-corrected chi connectivity index (χ1v) is 43.1. The second kappa shape index (κ2) is 71.9. The molecule has 0 amide bonds. The van der Waals surface area contributed by atoms with Gasteiger partial charge in [0.1, 0.15) is 19.3 Å². The van der Waals surface area contributed by atoms with E-state index in [0.717, 1.165) is 116 Å². The molecule has 0 rings (SSSR count). The molecule has 19 heteroatoms. The molecule has 0 saturated carbocycles. The van der Waals surface area contributed by atoms with E-state index in [1.165, 1.54) is 199 Å². The highest BCUT2D eigenvalue weighted by Crippen LogP contribution is 2.45. The zero-order chi connectivity index (χ0) is 71.1. The van der Waals surface area contributed by atoms with Crippen LogP contribution in [0.4, 0.5) is 0 Å². The van der Waals surface area contributed by atoms with Gasteiger partial charge in [-0.3, -0.25) is 37.3 Å². The van der Waals surface area contributed by atoms with Gasteiger partial charge in [0.2, 0.25) is 0 Å². The summed E-state index contributed by atoms with van der Waals surface area (Å²) in [6.45, 7) is 4.90. The van der Waals surface area contributed by atoms with Crippen LogP contribution in [0.15, 0.2) is 24.3 Å². The SMILES string of the molecule is CCCCCC/C=C\C=C/CCCCCCCC(=O)O[C@H](COC(=O)CCCCCCCCC)COP(=O)(O)OC[C@H](O)COP(=O)(O)OC[C@@H](COC(=O)CCCCCCCCCCCCCCCCCC)OC(=O)CCCCCCCCCCCCCCCCCCCCC. The third-order valence-electron chi connectivity index (χ3n) is 17.7. The van der Waals surface area contributed by atoms with Crippen molar-refractivity contribution in [2.75, 3.05) is 39.6 Å². The molecule has 0 aromatic rings. The van der Waals surface area contributed by atoms with E-state index in [2.05, 4.69) is 52.0 Å². The summed E-state index contributed by atoms with van der Waals surface area (Å²) in [5, 5.41) is 10.6. The number of aliphatic hydroxyl groups excluding tert-OH is 1. The van der Waals surface area contributed by atoms with Gasteiger partial charge in [-0.05, 0) is 51.4 Å². The third-order valence-corrected chi connectivity index (χ3v) is 19.6. The Kier molecular flexibility index (Phi) is 70.1. The molecule has 17 nitrogen and oxygen atoms in total. The number of phosphoric acid groups is 2. The first-order chi connectivity index (χ1) is 47.2. The second-order valence-electron chi connectivity index (χ2n) is 27.4. The van der Waals surface area contributed by atoms with E-state index in [0.29, 0.717) is 25.7 Å². The number of aliphatic hydroxyl groups is 1. The molecule has 0 aromatic carbocycles. The first-order valence-electron chi connectivity index (χ1n) is 40.1. The van der Waals surface area contributed by atoms with Gasteiger partial charge in [0.15, 0.2) is 12.2 Å². The number of esters is 4. The van der Waals surface area contributed by atoms with Crippen molar-refractivity contribution in [1.82, 2.24) is 0 Å². The van der Waals surface area contributed by atoms with Crippen molar-refractivity contribution in [3.05, 3.63) is 24.3 Å². The monoisotopic (exact) mass is 1420 g/mol. The lowest BCUT2D eigenvalue weighted by molar-refractivity contribution is -0.161. The molecule has 97 heavy (non-hydrogen) atoms. The molecule has 0 aromatic heterocycles. The maximum Gasteiger partial charge on any atom is 0.472 e. The molecule has 0 spiro atoms. The lowest BCUT2D eigenvalue weighted by atomic mass is 10.0. The quantitative estimate of drug-likeness (QED) is 0.0169. The molecule has 0 aliphatic rings. The van der Waals surface area contributed by atoms with Crippen LogP contribution < -0.4 is 0 Å². The van der Waals surface area contributed by atoms with E-state index in [1.807, 2.05) is 0 Å². The van der Waals surface area contributed by atoms with Gasteiger partial charge in [-0.15, -0.1) is 0 Å². The summed E-state index contributed by atoms with van der Waals surface area (Å²) in [6, 6.07) is 0. The van der Waals surface area contributed by atoms with Gasteiger partial charge >= 0.3 is 39.5 Å². The fraction of sp³-hybridized carbons (Fsp3) is 0.897. The molecular weight excluding hydrogens is 1270 g/mol. The molecule has 3 N–H and O–H groups in total. The molecular formula is C78H148O17P2. The van der Waals surface area contributed by atoms with Crippen LogP contribution in [0.1, 0.15) is 394 Å². The van der Waals surface area contributed by atoms with Crippen LogP contribution in [0.3, 0.4) is 0 Å². The van der Waals surface area contributed by atoms with E-state index in [4.69, 9.17) is 37.0 Å². The van der Waals surface area contributed by atoms with Crippen LogP contribution in [0.2, 0.25) is 0 Å². The smallest absolute Gasteiger partial charge is 0.462 e. The first kappa shape index (κ1) is 94.5. The van der Waals surface area contributed by atoms with Crippen molar-refractivity contribution >= 4 is 39.5 Å². The largest absolute Gasteiger partial charge is 0.472 e. The molecule has 0 saturated heterocycles. The van der Waals surface area contributed by atoms with Gasteiger partial charge in [-0.1, -0.05) is 341 Å². The Bertz CT molecular complexity index is 1940. The summed E-state index contributed by atoms with van der Waals surface area (Å²) in [4.78, 5) is 72.7. The van der Waals surface area contributed by atoms with Gasteiger partial charge in [0, 0.05) is 25.7 Å². The van der Waals surface area contributed by atoms with Gasteiger partial charge in [-0.25, -0.2) is 9.13 Å². The number of ether oxygens (including phenoxy) is 4. The van der Waals surface area contributed by atoms with Crippen molar-refractivity contribution < 1.29 is 80.2 Å². The molecule has 572 valence electrons. The van der Waals surface area contributed by atoms with E-state index in [-0.39, 0.29) is 25.7 Å². The molecule has 0 bridgehead atoms. The zero-order valence-corrected chi connectivity index (χ0v) is 64.3. The summed E-state index contributed by atoms with van der Waals surface area (Å²) in [5.41, 5.74) is 0. The van der Waals surface area contributed by atoms with Crippen molar-refractivity contribution in [2.45, 2.75) is 412 Å². The summed E-state index contributed by atoms with van der Waals surface area (Å²) < 4.78 is 68.4. The van der Waals surface area contributed by atoms with Crippen LogP contribution in [-0.4, -0.2) is 96.7 Å². The highest BCUT2D eigenvalue weighted by atomic mass is 31.2. The molecule has 5 atom stereocenters. The predicted molar refractivity (Wildman–Crippen MR) is 395 cm³/mol. The Balaban J connectivity index is 5.21. The summed E-state index contributed by atoms with van der Waals surface area (Å²) in [6.07, 6.45) is 66.2. The Hall–Kier alpha value is -2.46. The average molecular weight is 1420 g/mol. The molecule has 0 aliphatic carbocycles. The van der Waals surface area contributed by atoms with Crippen LogP contribution >= 0.6 is 15.6 Å². The molecule has 0 aliphatic heterocycles. The van der Waals surface area contributed by atoms with Crippen molar-refractivity contribution in [2.24, 2.45) is 0 Å². The number of rotatable bonds is 77. The lowest BCUT2D eigenvalue weighted by Gasteiger charge is -2.21. The third kappa shape index (κ3) is 71.7. The Morgan fingerprint density at radius 3 is 0.753 bits per heavy atom. The number of hydrogen-bond acceptors (Lipinski definition) is 15. The predicted octanol–water partition coefficient (Wildman–Crippen LogP) is 23.0. The minimum absolute atomic E-state index is 0.0852. The Morgan fingerprint density at radius 2 is 0.495 bits per heavy atom. The summed E-state index contributed by atoms with van der Waals surface area (Å²) in [7, 11) is -9.92. The highest BCUT2D eigenvalue weighted by Gasteiger charge is 2.30. The number of unbranched alkanes of at least 4 members (excludes halogenated alkanes) is 48. The van der Waals surface area contributed by atoms with Crippen LogP contribution in [0.5, 0.6) is 0 Å². The minimum Gasteiger partial charge on any atom is -0.462 e. The normalized spacial score (nSPS) is 14.0. The van der Waals surface area contributed by atoms with Crippen molar-refractivity contribution in [3.8, 4) is 0 Å². The molecule has 0 radical (unpaired) electrons. The fourth-order valence-corrected chi connectivity index (χ4v) is 13.1. The summed E-state index contributed by atoms with van der Waals surface area (Å²) >= 11 is 0. The minimum atomic E-state index is -4.96. The van der Waals surface area contributed by atoms with Crippen molar-refractivity contribution in [3.63, 3.8) is 0 Å². The Morgan fingerprint density at radius 1 is 0.289 bits per heavy atom. The number of carbonyl (C=O) groups excluding carboxylic acids is 4. The molecule has 0 heterocycles. The summed E-state index contributed by atoms with van der Waals surface area (Å²) in [5.74, 6) is -2.14. The topological polar surface area (TPSA) is 237 Å². The average Bonchev–Trinajstić information content (AvgIpc) is 1.01. The number of allylic oxidation sites excluding steroid dienone is 4. The van der Waals surface area contributed by atoms with Crippen LogP contribution in [-0.2, 0) is 65.4 Å². The van der Waals surface area contributed by atoms with Gasteiger partial charge < -0.3 is 33.8 Å². The maximum absolute atomic E-state index is 13.1. The van der Waals surface area contributed by atoms with Gasteiger partial charge in [0.05, 0.1) is 26.4 Å². The number of phosphoric ester groups is 2. The van der Waals surface area contributed by atoms with E-state index in [1.54, 1.807) is 0 Å². The van der Waals surface area contributed by atoms with E-state index < -0.39 is 97.5 Å². The fourth-order valence-electron chi connectivity index (χ4n) is 11.6. The number of carbonyl (C=O) groups is 4. The van der Waals surface area contributed by atoms with Crippen LogP contribution in [0, 0.1) is 0 Å². The van der Waals surface area contributed by atoms with Gasteiger partial charge in [0.25, 0.3) is 0 Å². The zero-order valence-electron chi connectivity index (χ0n) is 62.5. The maximum atomic E-state index is 13.1. The second-order valence-corrected chi connectivity index (χ2v) is 30.3. The van der Waals surface area contributed by atoms with E-state index >= 15 is 0 Å². The highest BCUT2D eigenvalue weighted by molar-refractivity contribution is 7.47. The van der Waals surface area contributed by atoms with Crippen molar-refractivity contribution in [1.29, 1.82) is 0 Å². The van der Waals surface area contributed by atoms with Gasteiger partial charge in [-0.2, -0.15) is 0 Å².